The molecular formula is C10H15ClN4O. The van der Waals surface area contributed by atoms with E-state index < -0.39 is 0 Å². The summed E-state index contributed by atoms with van der Waals surface area (Å²) in [5.41, 5.74) is 5.56. The number of hydrogen-bond donors (Lipinski definition) is 2. The number of rotatable bonds is 4. The molecule has 1 aromatic heterocycles. The van der Waals surface area contributed by atoms with Gasteiger partial charge in [-0.15, -0.1) is 0 Å². The van der Waals surface area contributed by atoms with Crippen LogP contribution >= 0.6 is 11.6 Å². The second-order valence-corrected chi connectivity index (χ2v) is 4.30. The van der Waals surface area contributed by atoms with Crippen LogP contribution in [0.3, 0.4) is 0 Å². The summed E-state index contributed by atoms with van der Waals surface area (Å²) < 4.78 is 0. The molecule has 0 aromatic carbocycles. The zero-order valence-corrected chi connectivity index (χ0v) is 9.69. The number of nitrogen functional groups attached to an aromatic ring is 1. The molecule has 0 amide bonds. The number of aliphatic hydroxyl groups is 1. The molecule has 16 heavy (non-hydrogen) atoms. The van der Waals surface area contributed by atoms with Crippen LogP contribution in [0.4, 0.5) is 11.8 Å². The van der Waals surface area contributed by atoms with Crippen molar-refractivity contribution in [3.8, 4) is 0 Å². The Labute approximate surface area is 99.3 Å². The predicted octanol–water partition coefficient (Wildman–Crippen LogP) is 1.06. The topological polar surface area (TPSA) is 75.3 Å². The molecular weight excluding hydrogens is 228 g/mol. The number of aromatic nitrogens is 2. The first-order chi connectivity index (χ1) is 7.70. The maximum absolute atomic E-state index is 9.06. The molecule has 2 rings (SSSR count). The van der Waals surface area contributed by atoms with E-state index in [1.54, 1.807) is 6.07 Å². The van der Waals surface area contributed by atoms with Crippen LogP contribution in [0.25, 0.3) is 0 Å². The van der Waals surface area contributed by atoms with E-state index in [1.807, 2.05) is 4.90 Å². The lowest BCUT2D eigenvalue weighted by molar-refractivity contribution is 0.283. The minimum Gasteiger partial charge on any atom is -0.395 e. The molecule has 0 bridgehead atoms. The van der Waals surface area contributed by atoms with Crippen molar-refractivity contribution in [1.82, 2.24) is 9.97 Å². The number of nitrogens with zero attached hydrogens (tertiary/aromatic N) is 3. The highest BCUT2D eigenvalue weighted by Gasteiger charge is 2.26. The largest absolute Gasteiger partial charge is 0.395 e. The Balaban J connectivity index is 2.22. The Morgan fingerprint density at radius 3 is 2.75 bits per heavy atom. The summed E-state index contributed by atoms with van der Waals surface area (Å²) in [4.78, 5) is 10.0. The number of halogens is 1. The molecule has 1 aliphatic rings. The van der Waals surface area contributed by atoms with E-state index in [0.29, 0.717) is 23.6 Å². The summed E-state index contributed by atoms with van der Waals surface area (Å²) in [6, 6.07) is 2.13. The first-order valence-corrected chi connectivity index (χ1v) is 5.76. The maximum atomic E-state index is 9.06. The fraction of sp³-hybridized carbons (Fsp3) is 0.600. The predicted molar refractivity (Wildman–Crippen MR) is 63.5 cm³/mol. The minimum atomic E-state index is 0.0953. The quantitative estimate of drug-likeness (QED) is 0.773. The first-order valence-electron chi connectivity index (χ1n) is 5.38. The molecule has 88 valence electrons. The molecule has 0 spiro atoms. The first kappa shape index (κ1) is 11.4. The van der Waals surface area contributed by atoms with Gasteiger partial charge in [0.15, 0.2) is 0 Å². The fourth-order valence-corrected chi connectivity index (χ4v) is 2.04. The van der Waals surface area contributed by atoms with Gasteiger partial charge in [0.05, 0.1) is 6.61 Å². The van der Waals surface area contributed by atoms with E-state index in [4.69, 9.17) is 22.4 Å². The summed E-state index contributed by atoms with van der Waals surface area (Å²) in [6.45, 7) is 0.648. The van der Waals surface area contributed by atoms with Gasteiger partial charge in [-0.2, -0.15) is 4.98 Å². The third-order valence-corrected chi connectivity index (χ3v) is 3.04. The number of anilines is 2. The van der Waals surface area contributed by atoms with Crippen molar-refractivity contribution in [1.29, 1.82) is 0 Å². The number of hydrogen-bond acceptors (Lipinski definition) is 5. The molecule has 1 fully saturated rings. The summed E-state index contributed by atoms with van der Waals surface area (Å²) in [7, 11) is 0. The van der Waals surface area contributed by atoms with Crippen LogP contribution in [-0.4, -0.2) is 34.3 Å². The molecule has 1 aliphatic carbocycles. The summed E-state index contributed by atoms with van der Waals surface area (Å²) in [5, 5.41) is 9.39. The van der Waals surface area contributed by atoms with Crippen molar-refractivity contribution < 1.29 is 5.11 Å². The van der Waals surface area contributed by atoms with Gasteiger partial charge in [-0.1, -0.05) is 11.6 Å². The second-order valence-electron chi connectivity index (χ2n) is 3.91. The maximum Gasteiger partial charge on any atom is 0.223 e. The Morgan fingerprint density at radius 1 is 1.50 bits per heavy atom. The van der Waals surface area contributed by atoms with E-state index in [9.17, 15) is 0 Å². The molecule has 0 unspecified atom stereocenters. The molecule has 0 saturated heterocycles. The third-order valence-electron chi connectivity index (χ3n) is 2.85. The smallest absolute Gasteiger partial charge is 0.223 e. The van der Waals surface area contributed by atoms with Crippen LogP contribution in [0.1, 0.15) is 19.3 Å². The van der Waals surface area contributed by atoms with Gasteiger partial charge >= 0.3 is 0 Å². The van der Waals surface area contributed by atoms with Gasteiger partial charge in [-0.3, -0.25) is 0 Å². The van der Waals surface area contributed by atoms with Crippen LogP contribution in [0.5, 0.6) is 0 Å². The Hall–Kier alpha value is -1.07. The molecule has 0 atom stereocenters. The molecule has 5 nitrogen and oxygen atoms in total. The van der Waals surface area contributed by atoms with Crippen molar-refractivity contribution in [3.63, 3.8) is 0 Å². The monoisotopic (exact) mass is 242 g/mol. The van der Waals surface area contributed by atoms with Gasteiger partial charge in [-0.05, 0) is 19.3 Å². The van der Waals surface area contributed by atoms with Crippen LogP contribution < -0.4 is 10.6 Å². The van der Waals surface area contributed by atoms with Crippen molar-refractivity contribution in [2.45, 2.75) is 25.3 Å². The standard InChI is InChI=1S/C10H15ClN4O/c11-8-6-9(14-10(12)13-8)15(4-5-16)7-2-1-3-7/h6-7,16H,1-5H2,(H2,12,13,14). The van der Waals surface area contributed by atoms with Crippen molar-refractivity contribution in [2.24, 2.45) is 0 Å². The normalized spacial score (nSPS) is 15.9. The van der Waals surface area contributed by atoms with Crippen LogP contribution in [0.15, 0.2) is 6.07 Å². The minimum absolute atomic E-state index is 0.0953. The average molecular weight is 243 g/mol. The lowest BCUT2D eigenvalue weighted by Crippen LogP contribution is -2.42. The zero-order chi connectivity index (χ0) is 11.5. The van der Waals surface area contributed by atoms with E-state index in [-0.39, 0.29) is 12.6 Å². The van der Waals surface area contributed by atoms with Crippen LogP contribution in [0, 0.1) is 0 Å². The Kier molecular flexibility index (Phi) is 3.46. The molecule has 0 radical (unpaired) electrons. The summed E-state index contributed by atoms with van der Waals surface area (Å²) in [5.74, 6) is 0.876. The SMILES string of the molecule is Nc1nc(Cl)cc(N(CCO)C2CCC2)n1. The van der Waals surface area contributed by atoms with E-state index in [0.717, 1.165) is 12.8 Å². The molecule has 6 heteroatoms. The van der Waals surface area contributed by atoms with Crippen molar-refractivity contribution in [2.75, 3.05) is 23.8 Å². The van der Waals surface area contributed by atoms with Gasteiger partial charge < -0.3 is 15.7 Å². The lowest BCUT2D eigenvalue weighted by Gasteiger charge is -2.38. The van der Waals surface area contributed by atoms with Gasteiger partial charge in [0.1, 0.15) is 11.0 Å². The van der Waals surface area contributed by atoms with Gasteiger partial charge in [0, 0.05) is 18.7 Å². The molecule has 1 heterocycles. The van der Waals surface area contributed by atoms with Gasteiger partial charge in [0.25, 0.3) is 0 Å². The lowest BCUT2D eigenvalue weighted by atomic mass is 9.91. The molecule has 0 aliphatic heterocycles. The Bertz CT molecular complexity index is 350. The highest BCUT2D eigenvalue weighted by molar-refractivity contribution is 6.29. The van der Waals surface area contributed by atoms with Gasteiger partial charge in [0.2, 0.25) is 5.95 Å². The molecule has 1 aromatic rings. The van der Waals surface area contributed by atoms with Gasteiger partial charge in [-0.25, -0.2) is 4.98 Å². The van der Waals surface area contributed by atoms with Crippen LogP contribution in [0.2, 0.25) is 5.15 Å². The average Bonchev–Trinajstić information content (AvgIpc) is 2.12. The fourth-order valence-electron chi connectivity index (χ4n) is 1.86. The Morgan fingerprint density at radius 2 is 2.25 bits per heavy atom. The highest BCUT2D eigenvalue weighted by Crippen LogP contribution is 2.29. The zero-order valence-electron chi connectivity index (χ0n) is 8.93. The van der Waals surface area contributed by atoms with E-state index >= 15 is 0 Å². The van der Waals surface area contributed by atoms with Crippen molar-refractivity contribution in [3.05, 3.63) is 11.2 Å². The summed E-state index contributed by atoms with van der Waals surface area (Å²) >= 11 is 5.84. The third kappa shape index (κ3) is 2.36. The van der Waals surface area contributed by atoms with E-state index in [2.05, 4.69) is 9.97 Å². The van der Waals surface area contributed by atoms with Crippen molar-refractivity contribution >= 4 is 23.4 Å². The van der Waals surface area contributed by atoms with E-state index in [1.165, 1.54) is 6.42 Å². The highest BCUT2D eigenvalue weighted by atomic mass is 35.5. The molecule has 3 N–H and O–H groups in total. The number of aliphatic hydroxyl groups excluding tert-OH is 1. The second kappa shape index (κ2) is 4.84. The molecule has 1 saturated carbocycles. The number of nitrogens with two attached hydrogens (primary N) is 1. The summed E-state index contributed by atoms with van der Waals surface area (Å²) in [6.07, 6.45) is 3.48. The van der Waals surface area contributed by atoms with Crippen LogP contribution in [-0.2, 0) is 0 Å².